The molecule has 4 aliphatic rings. The van der Waals surface area contributed by atoms with Crippen LogP contribution in [-0.2, 0) is 0 Å². The molecule has 4 bridgehead atoms. The van der Waals surface area contributed by atoms with Crippen LogP contribution < -0.4 is 5.73 Å². The van der Waals surface area contributed by atoms with E-state index in [1.807, 2.05) is 0 Å². The predicted molar refractivity (Wildman–Crippen MR) is 91.2 cm³/mol. The maximum Gasteiger partial charge on any atom is 0.0219 e. The van der Waals surface area contributed by atoms with E-state index in [1.54, 1.807) is 0 Å². The van der Waals surface area contributed by atoms with Crippen molar-refractivity contribution >= 4 is 0 Å². The molecule has 122 valence electrons. The zero-order chi connectivity index (χ0) is 14.9. The molecule has 0 aromatic heterocycles. The van der Waals surface area contributed by atoms with Gasteiger partial charge in [0.25, 0.3) is 0 Å². The van der Waals surface area contributed by atoms with Crippen molar-refractivity contribution in [2.45, 2.75) is 103 Å². The smallest absolute Gasteiger partial charge is 0.0219 e. The summed E-state index contributed by atoms with van der Waals surface area (Å²) in [5.74, 6) is 2.94. The standard InChI is InChI=1S/C20H37N/c1-3-5-7-9-19(10-8-6-4-2)18-12-16-11-17(13-18)15-20(19,21)14-16/h16-18H,3-15,21H2,1-2H3. The second-order valence-corrected chi connectivity index (χ2v) is 8.77. The molecule has 1 heteroatoms. The third kappa shape index (κ3) is 2.69. The lowest BCUT2D eigenvalue weighted by atomic mass is 9.40. The Morgan fingerprint density at radius 2 is 1.33 bits per heavy atom. The van der Waals surface area contributed by atoms with Gasteiger partial charge in [0.2, 0.25) is 0 Å². The van der Waals surface area contributed by atoms with E-state index in [0.29, 0.717) is 5.41 Å². The SMILES string of the molecule is CCCCCC1(CCCCC)C2CC3CC(C2)CC1(N)C3. The summed E-state index contributed by atoms with van der Waals surface area (Å²) in [5, 5.41) is 0. The maximum absolute atomic E-state index is 7.16. The Kier molecular flexibility index (Phi) is 4.69. The van der Waals surface area contributed by atoms with Crippen LogP contribution in [0.3, 0.4) is 0 Å². The van der Waals surface area contributed by atoms with Gasteiger partial charge in [-0.25, -0.2) is 0 Å². The Hall–Kier alpha value is -0.0400. The van der Waals surface area contributed by atoms with Crippen molar-refractivity contribution in [2.24, 2.45) is 28.9 Å². The molecule has 0 aromatic rings. The van der Waals surface area contributed by atoms with Crippen molar-refractivity contribution in [2.75, 3.05) is 0 Å². The Morgan fingerprint density at radius 1 is 0.810 bits per heavy atom. The van der Waals surface area contributed by atoms with Crippen molar-refractivity contribution in [1.82, 2.24) is 0 Å². The molecule has 0 amide bonds. The molecular weight excluding hydrogens is 254 g/mol. The average Bonchev–Trinajstić information content (AvgIpc) is 2.43. The Balaban J connectivity index is 1.79. The molecule has 0 heterocycles. The summed E-state index contributed by atoms with van der Waals surface area (Å²) >= 11 is 0. The summed E-state index contributed by atoms with van der Waals surface area (Å²) in [6.45, 7) is 4.66. The van der Waals surface area contributed by atoms with E-state index in [1.165, 1.54) is 83.5 Å². The summed E-state index contributed by atoms with van der Waals surface area (Å²) in [7, 11) is 0. The lowest BCUT2D eigenvalue weighted by Crippen LogP contribution is -2.68. The van der Waals surface area contributed by atoms with E-state index >= 15 is 0 Å². The summed E-state index contributed by atoms with van der Waals surface area (Å²) in [5.41, 5.74) is 7.89. The van der Waals surface area contributed by atoms with Crippen LogP contribution in [0.5, 0.6) is 0 Å². The van der Waals surface area contributed by atoms with Gasteiger partial charge in [0.15, 0.2) is 0 Å². The van der Waals surface area contributed by atoms with Crippen molar-refractivity contribution < 1.29 is 0 Å². The fourth-order valence-corrected chi connectivity index (χ4v) is 6.69. The minimum atomic E-state index is 0.212. The highest BCUT2D eigenvalue weighted by Crippen LogP contribution is 2.66. The van der Waals surface area contributed by atoms with Crippen molar-refractivity contribution in [3.63, 3.8) is 0 Å². The van der Waals surface area contributed by atoms with E-state index in [2.05, 4.69) is 13.8 Å². The average molecular weight is 292 g/mol. The first-order chi connectivity index (χ1) is 10.1. The van der Waals surface area contributed by atoms with Crippen molar-refractivity contribution in [3.05, 3.63) is 0 Å². The van der Waals surface area contributed by atoms with Gasteiger partial charge in [0, 0.05) is 5.54 Å². The minimum absolute atomic E-state index is 0.212. The third-order valence-electron chi connectivity index (χ3n) is 7.43. The second-order valence-electron chi connectivity index (χ2n) is 8.77. The number of hydrogen-bond donors (Lipinski definition) is 1. The lowest BCUT2D eigenvalue weighted by molar-refractivity contribution is -0.136. The van der Waals surface area contributed by atoms with E-state index in [0.717, 1.165) is 17.8 Å². The van der Waals surface area contributed by atoms with Crippen molar-refractivity contribution in [3.8, 4) is 0 Å². The zero-order valence-electron chi connectivity index (χ0n) is 14.5. The molecule has 1 nitrogen and oxygen atoms in total. The van der Waals surface area contributed by atoms with Gasteiger partial charge in [-0.15, -0.1) is 0 Å². The normalized spacial score (nSPS) is 39.9. The van der Waals surface area contributed by atoms with Crippen LogP contribution in [0.15, 0.2) is 0 Å². The molecule has 2 N–H and O–H groups in total. The fourth-order valence-electron chi connectivity index (χ4n) is 6.69. The van der Waals surface area contributed by atoms with Crippen molar-refractivity contribution in [1.29, 1.82) is 0 Å². The summed E-state index contributed by atoms with van der Waals surface area (Å²) in [6, 6.07) is 0. The Morgan fingerprint density at radius 3 is 1.76 bits per heavy atom. The molecule has 4 saturated carbocycles. The molecule has 0 saturated heterocycles. The molecule has 0 aliphatic heterocycles. The van der Waals surface area contributed by atoms with Crippen LogP contribution >= 0.6 is 0 Å². The number of rotatable bonds is 8. The Bertz CT molecular complexity index is 324. The first-order valence-electron chi connectivity index (χ1n) is 9.92. The monoisotopic (exact) mass is 291 g/mol. The number of unbranched alkanes of at least 4 members (excludes halogenated alkanes) is 4. The topological polar surface area (TPSA) is 26.0 Å². The summed E-state index contributed by atoms with van der Waals surface area (Å²) in [4.78, 5) is 0. The quantitative estimate of drug-likeness (QED) is 0.573. The first kappa shape index (κ1) is 15.8. The first-order valence-corrected chi connectivity index (χ1v) is 9.92. The van der Waals surface area contributed by atoms with Crippen LogP contribution in [0.25, 0.3) is 0 Å². The molecule has 21 heavy (non-hydrogen) atoms. The van der Waals surface area contributed by atoms with Crippen LogP contribution in [-0.4, -0.2) is 5.54 Å². The molecule has 0 radical (unpaired) electrons. The third-order valence-corrected chi connectivity index (χ3v) is 7.43. The van der Waals surface area contributed by atoms with Gasteiger partial charge in [-0.2, -0.15) is 0 Å². The maximum atomic E-state index is 7.16. The molecular formula is C20H37N. The van der Waals surface area contributed by atoms with E-state index in [-0.39, 0.29) is 5.54 Å². The largest absolute Gasteiger partial charge is 0.325 e. The van der Waals surface area contributed by atoms with E-state index in [9.17, 15) is 0 Å². The molecule has 4 fully saturated rings. The molecule has 4 aliphatic carbocycles. The number of hydrogen-bond acceptors (Lipinski definition) is 1. The van der Waals surface area contributed by atoms with Gasteiger partial charge < -0.3 is 5.73 Å². The molecule has 4 rings (SSSR count). The number of nitrogens with two attached hydrogens (primary N) is 1. The minimum Gasteiger partial charge on any atom is -0.325 e. The lowest BCUT2D eigenvalue weighted by Gasteiger charge is -2.67. The van der Waals surface area contributed by atoms with Gasteiger partial charge in [-0.3, -0.25) is 0 Å². The molecule has 0 aromatic carbocycles. The Labute approximate surface area is 132 Å². The van der Waals surface area contributed by atoms with Gasteiger partial charge in [0.1, 0.15) is 0 Å². The van der Waals surface area contributed by atoms with Crippen LogP contribution in [0.1, 0.15) is 97.3 Å². The van der Waals surface area contributed by atoms with E-state index < -0.39 is 0 Å². The van der Waals surface area contributed by atoms with Gasteiger partial charge in [-0.1, -0.05) is 52.4 Å². The highest BCUT2D eigenvalue weighted by Gasteiger charge is 2.62. The molecule has 2 atom stereocenters. The zero-order valence-corrected chi connectivity index (χ0v) is 14.5. The highest BCUT2D eigenvalue weighted by molar-refractivity contribution is 5.16. The predicted octanol–water partition coefficient (Wildman–Crippen LogP) is 5.67. The molecule has 2 unspecified atom stereocenters. The van der Waals surface area contributed by atoms with Gasteiger partial charge >= 0.3 is 0 Å². The summed E-state index contributed by atoms with van der Waals surface area (Å²) in [6.07, 6.45) is 18.5. The summed E-state index contributed by atoms with van der Waals surface area (Å²) < 4.78 is 0. The van der Waals surface area contributed by atoms with Crippen LogP contribution in [0.4, 0.5) is 0 Å². The van der Waals surface area contributed by atoms with Crippen LogP contribution in [0.2, 0.25) is 0 Å². The fraction of sp³-hybridized carbons (Fsp3) is 1.00. The highest BCUT2D eigenvalue weighted by atomic mass is 14.9. The van der Waals surface area contributed by atoms with Gasteiger partial charge in [0.05, 0.1) is 0 Å². The second kappa shape index (κ2) is 6.22. The van der Waals surface area contributed by atoms with Crippen LogP contribution in [0, 0.1) is 23.2 Å². The van der Waals surface area contributed by atoms with Gasteiger partial charge in [-0.05, 0) is 68.1 Å². The van der Waals surface area contributed by atoms with E-state index in [4.69, 9.17) is 5.73 Å². The molecule has 0 spiro atoms.